The van der Waals surface area contributed by atoms with Gasteiger partial charge in [0.2, 0.25) is 0 Å². The van der Waals surface area contributed by atoms with E-state index in [0.29, 0.717) is 0 Å². The largest absolute Gasteiger partial charge is 0.255 e. The van der Waals surface area contributed by atoms with Crippen molar-refractivity contribution in [2.45, 2.75) is 0 Å². The number of rotatable bonds is 8. The minimum atomic E-state index is 0.866. The van der Waals surface area contributed by atoms with Crippen molar-refractivity contribution in [1.29, 1.82) is 0 Å². The highest BCUT2D eigenvalue weighted by molar-refractivity contribution is 6.29. The first-order chi connectivity index (χ1) is 43.7. The molecule has 0 fully saturated rings. The van der Waals surface area contributed by atoms with Crippen LogP contribution in [0.25, 0.3) is 177 Å². The van der Waals surface area contributed by atoms with Crippen LogP contribution in [0.1, 0.15) is 0 Å². The summed E-state index contributed by atoms with van der Waals surface area (Å²) in [6, 6.07) is 105. The predicted molar refractivity (Wildman–Crippen MR) is 366 cm³/mol. The normalized spacial score (nSPS) is 11.6. The van der Waals surface area contributed by atoms with Gasteiger partial charge in [-0.15, -0.1) is 0 Å². The van der Waals surface area contributed by atoms with Crippen molar-refractivity contribution in [1.82, 2.24) is 19.9 Å². The van der Waals surface area contributed by atoms with Crippen molar-refractivity contribution < 1.29 is 0 Å². The number of hydrogen-bond acceptors (Lipinski definition) is 4. The Morgan fingerprint density at radius 1 is 0.182 bits per heavy atom. The van der Waals surface area contributed by atoms with Gasteiger partial charge in [-0.3, -0.25) is 19.9 Å². The van der Waals surface area contributed by atoms with Crippen molar-refractivity contribution in [2.24, 2.45) is 0 Å². The number of nitrogens with zero attached hydrogens (tertiary/aromatic N) is 4. The average Bonchev–Trinajstić information content (AvgIpc) is 1.62. The van der Waals surface area contributed by atoms with Crippen molar-refractivity contribution in [3.8, 4) is 134 Å². The molecule has 12 aromatic carbocycles. The minimum absolute atomic E-state index is 0.866. The van der Waals surface area contributed by atoms with Crippen LogP contribution in [0, 0.1) is 0 Å². The first kappa shape index (κ1) is 50.8. The molecule has 4 aromatic heterocycles. The molecule has 0 radical (unpaired) electrons. The van der Waals surface area contributed by atoms with Crippen molar-refractivity contribution in [3.05, 3.63) is 316 Å². The molecule has 4 nitrogen and oxygen atoms in total. The summed E-state index contributed by atoms with van der Waals surface area (Å²) < 4.78 is 0. The van der Waals surface area contributed by atoms with E-state index in [0.717, 1.165) is 45.0 Å². The fourth-order valence-electron chi connectivity index (χ4n) is 13.9. The molecule has 0 saturated carbocycles. The van der Waals surface area contributed by atoms with Crippen molar-refractivity contribution >= 4 is 43.1 Å². The van der Waals surface area contributed by atoms with E-state index in [9.17, 15) is 0 Å². The number of aromatic nitrogens is 4. The van der Waals surface area contributed by atoms with Crippen LogP contribution in [0.5, 0.6) is 0 Å². The van der Waals surface area contributed by atoms with E-state index in [1.807, 2.05) is 61.1 Å². The maximum atomic E-state index is 4.83. The Morgan fingerprint density at radius 2 is 0.602 bits per heavy atom. The fraction of sp³-hybridized carbons (Fsp3) is 0. The smallest absolute Gasteiger partial charge is 0.0886 e. The Bertz CT molecular complexity index is 5250. The lowest BCUT2D eigenvalue weighted by molar-refractivity contribution is 1.25. The fourth-order valence-corrected chi connectivity index (χ4v) is 13.9. The summed E-state index contributed by atoms with van der Waals surface area (Å²) in [4.78, 5) is 18.4. The molecule has 0 aliphatic heterocycles. The van der Waals surface area contributed by atoms with Gasteiger partial charge in [0, 0.05) is 35.9 Å². The summed E-state index contributed by atoms with van der Waals surface area (Å²) in [5.41, 5.74) is 28.4. The molecular formula is C84H52N4. The molecule has 4 heteroatoms. The van der Waals surface area contributed by atoms with E-state index in [-0.39, 0.29) is 0 Å². The van der Waals surface area contributed by atoms with E-state index in [4.69, 9.17) is 9.97 Å². The first-order valence-corrected chi connectivity index (χ1v) is 30.0. The van der Waals surface area contributed by atoms with Crippen LogP contribution in [0.4, 0.5) is 0 Å². The van der Waals surface area contributed by atoms with Gasteiger partial charge in [-0.1, -0.05) is 237 Å². The quantitative estimate of drug-likeness (QED) is 0.152. The third kappa shape index (κ3) is 8.45. The van der Waals surface area contributed by atoms with Crippen LogP contribution in [0.15, 0.2) is 316 Å². The highest BCUT2D eigenvalue weighted by Gasteiger charge is 2.32. The molecule has 408 valence electrons. The van der Waals surface area contributed by atoms with Gasteiger partial charge in [-0.2, -0.15) is 0 Å². The molecule has 0 spiro atoms. The Hall–Kier alpha value is -11.7. The third-order valence-corrected chi connectivity index (χ3v) is 17.8. The zero-order valence-electron chi connectivity index (χ0n) is 47.8. The van der Waals surface area contributed by atoms with Gasteiger partial charge in [0.25, 0.3) is 0 Å². The van der Waals surface area contributed by atoms with Crippen LogP contribution >= 0.6 is 0 Å². The molecule has 0 saturated heterocycles. The standard InChI is InChI=1S/C48H30N2.C36H22N2/c1-3-14-31(15-4-1)44-38-20-9-10-21-39(38)45(32-16-5-2-6-17-32)48-41-27-26-36(37-22-13-23-40(46(37)41)47(44)48)35-19-8-7-18-34(35)33-25-28-43(50-30-33)42-24-11-12-29-49-42;1-2-8-25-21-33-31-16-15-28(29-11-6-12-30(36(29)31)32(33)20-24(25)7-1)26-10-5-9-23(19-26)27-14-17-35(38-22-27)34-13-3-4-18-37-34/h1-30H;1-22H. The van der Waals surface area contributed by atoms with E-state index in [1.165, 1.54) is 132 Å². The maximum Gasteiger partial charge on any atom is 0.0886 e. The van der Waals surface area contributed by atoms with Crippen LogP contribution in [-0.4, -0.2) is 19.9 Å². The molecule has 88 heavy (non-hydrogen) atoms. The van der Waals surface area contributed by atoms with Crippen LogP contribution in [0.3, 0.4) is 0 Å². The zero-order valence-corrected chi connectivity index (χ0v) is 47.8. The van der Waals surface area contributed by atoms with Crippen molar-refractivity contribution in [2.75, 3.05) is 0 Å². The van der Waals surface area contributed by atoms with Crippen LogP contribution in [0.2, 0.25) is 0 Å². The maximum absolute atomic E-state index is 4.83. The number of benzene rings is 12. The summed E-state index contributed by atoms with van der Waals surface area (Å²) in [6.07, 6.45) is 7.52. The average molecular weight is 1120 g/mol. The first-order valence-electron chi connectivity index (χ1n) is 30.0. The van der Waals surface area contributed by atoms with E-state index in [2.05, 4.69) is 259 Å². The summed E-state index contributed by atoms with van der Waals surface area (Å²) in [5.74, 6) is 0. The van der Waals surface area contributed by atoms with Crippen LogP contribution < -0.4 is 0 Å². The molecular weight excluding hydrogens is 1060 g/mol. The summed E-state index contributed by atoms with van der Waals surface area (Å²) in [7, 11) is 0. The third-order valence-electron chi connectivity index (χ3n) is 17.8. The summed E-state index contributed by atoms with van der Waals surface area (Å²) in [6.45, 7) is 0. The molecule has 2 aliphatic rings. The van der Waals surface area contributed by atoms with Crippen molar-refractivity contribution in [3.63, 3.8) is 0 Å². The van der Waals surface area contributed by atoms with E-state index in [1.54, 1.807) is 6.20 Å². The highest BCUT2D eigenvalue weighted by atomic mass is 14.8. The Labute approximate surface area is 510 Å². The molecule has 0 unspecified atom stereocenters. The molecule has 18 rings (SSSR count). The predicted octanol–water partition coefficient (Wildman–Crippen LogP) is 22.2. The van der Waals surface area contributed by atoms with Gasteiger partial charge < -0.3 is 0 Å². The Kier molecular flexibility index (Phi) is 12.2. The highest BCUT2D eigenvalue weighted by Crippen LogP contribution is 2.59. The number of pyridine rings is 4. The van der Waals surface area contributed by atoms with Gasteiger partial charge >= 0.3 is 0 Å². The number of hydrogen-bond donors (Lipinski definition) is 0. The zero-order chi connectivity index (χ0) is 58.1. The molecule has 0 bridgehead atoms. The second-order valence-corrected chi connectivity index (χ2v) is 22.7. The van der Waals surface area contributed by atoms with Gasteiger partial charge in [0.05, 0.1) is 22.8 Å². The van der Waals surface area contributed by atoms with E-state index >= 15 is 0 Å². The molecule has 16 aromatic rings. The molecule has 0 N–H and O–H groups in total. The van der Waals surface area contributed by atoms with Gasteiger partial charge in [0.15, 0.2) is 0 Å². The number of fused-ring (bicyclic) bond motifs is 8. The van der Waals surface area contributed by atoms with E-state index < -0.39 is 0 Å². The minimum Gasteiger partial charge on any atom is -0.255 e. The second kappa shape index (κ2) is 21.1. The summed E-state index contributed by atoms with van der Waals surface area (Å²) in [5, 5.41) is 10.3. The topological polar surface area (TPSA) is 51.6 Å². The SMILES string of the molecule is c1ccc(-c2c3c(c(-c4ccccc4)c4ccccc24)-c2ccc(-c4ccccc4-c4ccc(-c5ccccn5)nc4)c4cccc-3c24)cc1.c1ccc(-c2ccc(-c3cccc(-c4ccc5c6c(cccc46)-c4cc6ccccc6cc4-5)c3)cn2)nc1. The van der Waals surface area contributed by atoms with Gasteiger partial charge in [-0.05, 0) is 198 Å². The lowest BCUT2D eigenvalue weighted by Crippen LogP contribution is -1.93. The monoisotopic (exact) mass is 1120 g/mol. The lowest BCUT2D eigenvalue weighted by Gasteiger charge is -2.20. The van der Waals surface area contributed by atoms with Gasteiger partial charge in [-0.25, -0.2) is 0 Å². The molecule has 2 aliphatic carbocycles. The van der Waals surface area contributed by atoms with Crippen LogP contribution in [-0.2, 0) is 0 Å². The Balaban J connectivity index is 0.000000142. The molecule has 0 atom stereocenters. The lowest BCUT2D eigenvalue weighted by atomic mass is 9.82. The second-order valence-electron chi connectivity index (χ2n) is 22.7. The molecule has 4 heterocycles. The van der Waals surface area contributed by atoms with Gasteiger partial charge in [0.1, 0.15) is 0 Å². The summed E-state index contributed by atoms with van der Waals surface area (Å²) >= 11 is 0. The Morgan fingerprint density at radius 3 is 1.20 bits per heavy atom. The molecule has 0 amide bonds.